The van der Waals surface area contributed by atoms with E-state index in [2.05, 4.69) is 110 Å². The Bertz CT molecular complexity index is 841. The Hall–Kier alpha value is -2.54. The molecule has 1 nitrogen and oxygen atoms in total. The van der Waals surface area contributed by atoms with Gasteiger partial charge in [0.05, 0.1) is 0 Å². The van der Waals surface area contributed by atoms with Gasteiger partial charge in [-0.3, -0.25) is 0 Å². The molecule has 0 N–H and O–H groups in total. The molecule has 1 aromatic rings. The Morgan fingerprint density at radius 3 is 2.03 bits per heavy atom. The second kappa shape index (κ2) is 11.5. The highest BCUT2D eigenvalue weighted by atomic mass is 15.1. The quantitative estimate of drug-likeness (QED) is 0.366. The SMILES string of the molecule is C=C(C)C(=C\C(=C/C)c1ccc(C)cc1)/C(C)=C(\C(=C)C)C(=C)N(C)CCCC. The van der Waals surface area contributed by atoms with Crippen LogP contribution in [0.25, 0.3) is 5.57 Å². The third-order valence-electron chi connectivity index (χ3n) is 5.26. The summed E-state index contributed by atoms with van der Waals surface area (Å²) in [4.78, 5) is 2.24. The average Bonchev–Trinajstić information content (AvgIpc) is 2.67. The third kappa shape index (κ3) is 6.78. The van der Waals surface area contributed by atoms with Crippen LogP contribution in [0, 0.1) is 6.92 Å². The molecule has 0 aliphatic heterocycles. The molecule has 0 aliphatic carbocycles. The number of aryl methyl sites for hydroxylation is 1. The molecule has 0 fully saturated rings. The monoisotopic (exact) mass is 389 g/mol. The summed E-state index contributed by atoms with van der Waals surface area (Å²) in [5.41, 5.74) is 10.2. The summed E-state index contributed by atoms with van der Waals surface area (Å²) < 4.78 is 0. The molecule has 1 heteroatoms. The lowest BCUT2D eigenvalue weighted by molar-refractivity contribution is 0.415. The highest BCUT2D eigenvalue weighted by Crippen LogP contribution is 2.32. The van der Waals surface area contributed by atoms with Crippen molar-refractivity contribution in [2.24, 2.45) is 0 Å². The molecule has 0 saturated carbocycles. The number of likely N-dealkylation sites (N-methyl/N-ethyl adjacent to an activating group) is 1. The number of unbranched alkanes of at least 4 members (excludes halogenated alkanes) is 1. The van der Waals surface area contributed by atoms with E-state index in [4.69, 9.17) is 0 Å². The molecule has 0 spiro atoms. The number of allylic oxidation sites excluding steroid dienone is 7. The van der Waals surface area contributed by atoms with Gasteiger partial charge in [0, 0.05) is 24.9 Å². The van der Waals surface area contributed by atoms with Crippen molar-refractivity contribution in [2.45, 2.75) is 54.4 Å². The zero-order chi connectivity index (χ0) is 22.1. The van der Waals surface area contributed by atoms with Crippen LogP contribution < -0.4 is 0 Å². The predicted molar refractivity (Wildman–Crippen MR) is 132 cm³/mol. The number of nitrogens with zero attached hydrogens (tertiary/aromatic N) is 1. The molecule has 0 aliphatic rings. The molecular formula is C28H39N. The van der Waals surface area contributed by atoms with Crippen molar-refractivity contribution in [3.05, 3.63) is 101 Å². The molecule has 156 valence electrons. The molecule has 0 unspecified atom stereocenters. The summed E-state index contributed by atoms with van der Waals surface area (Å²) in [5, 5.41) is 0. The van der Waals surface area contributed by atoms with E-state index >= 15 is 0 Å². The Morgan fingerprint density at radius 1 is 1.00 bits per heavy atom. The maximum atomic E-state index is 4.39. The first kappa shape index (κ1) is 24.5. The Morgan fingerprint density at radius 2 is 1.59 bits per heavy atom. The van der Waals surface area contributed by atoms with Gasteiger partial charge in [0.15, 0.2) is 0 Å². The lowest BCUT2D eigenvalue weighted by atomic mass is 9.89. The second-order valence-electron chi connectivity index (χ2n) is 7.95. The zero-order valence-corrected chi connectivity index (χ0v) is 19.7. The summed E-state index contributed by atoms with van der Waals surface area (Å²) in [6.45, 7) is 26.6. The minimum Gasteiger partial charge on any atom is -0.375 e. The van der Waals surface area contributed by atoms with Crippen molar-refractivity contribution in [3.8, 4) is 0 Å². The first-order valence-electron chi connectivity index (χ1n) is 10.5. The molecule has 0 aromatic heterocycles. The van der Waals surface area contributed by atoms with Crippen LogP contribution in [0.3, 0.4) is 0 Å². The van der Waals surface area contributed by atoms with Crippen molar-refractivity contribution >= 4 is 5.57 Å². The van der Waals surface area contributed by atoms with Gasteiger partial charge in [0.25, 0.3) is 0 Å². The molecule has 1 rings (SSSR count). The predicted octanol–water partition coefficient (Wildman–Crippen LogP) is 8.04. The van der Waals surface area contributed by atoms with Gasteiger partial charge in [-0.2, -0.15) is 0 Å². The van der Waals surface area contributed by atoms with Crippen molar-refractivity contribution in [3.63, 3.8) is 0 Å². The van der Waals surface area contributed by atoms with Crippen molar-refractivity contribution in [1.82, 2.24) is 4.90 Å². The molecule has 0 amide bonds. The van der Waals surface area contributed by atoms with Gasteiger partial charge < -0.3 is 4.90 Å². The van der Waals surface area contributed by atoms with Crippen molar-refractivity contribution in [2.75, 3.05) is 13.6 Å². The van der Waals surface area contributed by atoms with Crippen LogP contribution >= 0.6 is 0 Å². The van der Waals surface area contributed by atoms with E-state index in [1.807, 2.05) is 0 Å². The minimum absolute atomic E-state index is 0.995. The van der Waals surface area contributed by atoms with Crippen LogP contribution in [0.5, 0.6) is 0 Å². The standard InChI is InChI=1S/C28H39N/c1-11-13-18-29(10)24(9)28(21(5)6)23(8)27(20(3)4)19-25(12-2)26-16-14-22(7)15-17-26/h12,14-17,19H,3,5,9,11,13,18H2,1-2,4,6-8,10H3/b25-12+,27-19+,28-23+. The lowest BCUT2D eigenvalue weighted by Crippen LogP contribution is -2.20. The van der Waals surface area contributed by atoms with E-state index in [9.17, 15) is 0 Å². The second-order valence-corrected chi connectivity index (χ2v) is 7.95. The smallest absolute Gasteiger partial charge is 0.0369 e. The molecule has 0 bridgehead atoms. The summed E-state index contributed by atoms with van der Waals surface area (Å²) in [6.07, 6.45) is 6.71. The van der Waals surface area contributed by atoms with Crippen molar-refractivity contribution in [1.29, 1.82) is 0 Å². The third-order valence-corrected chi connectivity index (χ3v) is 5.26. The fourth-order valence-electron chi connectivity index (χ4n) is 3.42. The first-order valence-corrected chi connectivity index (χ1v) is 10.5. The van der Waals surface area contributed by atoms with Crippen molar-refractivity contribution < 1.29 is 0 Å². The number of hydrogen-bond donors (Lipinski definition) is 0. The highest BCUT2D eigenvalue weighted by molar-refractivity contribution is 5.77. The normalized spacial score (nSPS) is 13.1. The van der Waals surface area contributed by atoms with Crippen LogP contribution in [-0.4, -0.2) is 18.5 Å². The van der Waals surface area contributed by atoms with E-state index in [0.717, 1.165) is 41.0 Å². The van der Waals surface area contributed by atoms with E-state index in [0.29, 0.717) is 0 Å². The van der Waals surface area contributed by atoms with Gasteiger partial charge in [-0.05, 0) is 75.0 Å². The van der Waals surface area contributed by atoms with Crippen LogP contribution in [0.4, 0.5) is 0 Å². The van der Waals surface area contributed by atoms with Crippen LogP contribution in [-0.2, 0) is 0 Å². The van der Waals surface area contributed by atoms with Gasteiger partial charge in [-0.15, -0.1) is 0 Å². The zero-order valence-electron chi connectivity index (χ0n) is 19.7. The molecule has 0 atom stereocenters. The van der Waals surface area contributed by atoms with Gasteiger partial charge in [-0.25, -0.2) is 0 Å². The minimum atomic E-state index is 0.995. The Balaban J connectivity index is 3.50. The topological polar surface area (TPSA) is 3.24 Å². The Kier molecular flexibility index (Phi) is 9.68. The first-order chi connectivity index (χ1) is 13.6. The number of benzene rings is 1. The largest absolute Gasteiger partial charge is 0.375 e. The van der Waals surface area contributed by atoms with Gasteiger partial charge >= 0.3 is 0 Å². The van der Waals surface area contributed by atoms with Gasteiger partial charge in [0.2, 0.25) is 0 Å². The fourth-order valence-corrected chi connectivity index (χ4v) is 3.42. The molecule has 29 heavy (non-hydrogen) atoms. The van der Waals surface area contributed by atoms with E-state index in [1.54, 1.807) is 0 Å². The fraction of sp³-hybridized carbons (Fsp3) is 0.357. The van der Waals surface area contributed by atoms with Gasteiger partial charge in [-0.1, -0.05) is 74.6 Å². The summed E-state index contributed by atoms with van der Waals surface area (Å²) >= 11 is 0. The number of rotatable bonds is 10. The van der Waals surface area contributed by atoms with Crippen LogP contribution in [0.15, 0.2) is 89.7 Å². The average molecular weight is 390 g/mol. The summed E-state index contributed by atoms with van der Waals surface area (Å²) in [7, 11) is 2.11. The van der Waals surface area contributed by atoms with E-state index in [-0.39, 0.29) is 0 Å². The van der Waals surface area contributed by atoms with Crippen LogP contribution in [0.2, 0.25) is 0 Å². The Labute approximate surface area is 179 Å². The van der Waals surface area contributed by atoms with E-state index in [1.165, 1.54) is 28.7 Å². The van der Waals surface area contributed by atoms with E-state index < -0.39 is 0 Å². The maximum Gasteiger partial charge on any atom is 0.0369 e. The molecule has 0 radical (unpaired) electrons. The lowest BCUT2D eigenvalue weighted by Gasteiger charge is -2.26. The summed E-state index contributed by atoms with van der Waals surface area (Å²) in [6, 6.07) is 8.65. The van der Waals surface area contributed by atoms with Crippen LogP contribution in [0.1, 0.15) is 58.6 Å². The molecular weight excluding hydrogens is 350 g/mol. The maximum absolute atomic E-state index is 4.39. The summed E-state index contributed by atoms with van der Waals surface area (Å²) in [5.74, 6) is 0. The highest BCUT2D eigenvalue weighted by Gasteiger charge is 2.16. The molecule has 1 aromatic carbocycles. The molecule has 0 saturated heterocycles. The van der Waals surface area contributed by atoms with Gasteiger partial charge in [0.1, 0.15) is 0 Å². The number of hydrogen-bond acceptors (Lipinski definition) is 1. The molecule has 0 heterocycles.